The van der Waals surface area contributed by atoms with Crippen LogP contribution in [0.2, 0.25) is 0 Å². The number of nitrogen functional groups attached to an aromatic ring is 1. The van der Waals surface area contributed by atoms with Crippen molar-refractivity contribution < 1.29 is 4.74 Å². The van der Waals surface area contributed by atoms with E-state index in [0.717, 1.165) is 37.1 Å². The smallest absolute Gasteiger partial charge is 0.148 e. The fraction of sp³-hybridized carbons (Fsp3) is 0.714. The maximum atomic E-state index is 5.68. The summed E-state index contributed by atoms with van der Waals surface area (Å²) < 4.78 is 5.68. The van der Waals surface area contributed by atoms with Crippen molar-refractivity contribution in [3.63, 3.8) is 0 Å². The number of nitrogens with one attached hydrogen (secondary N) is 1. The number of hydrazine groups is 1. The number of hydrogen-bond acceptors (Lipinski definition) is 6. The summed E-state index contributed by atoms with van der Waals surface area (Å²) >= 11 is 0. The molecule has 2 rings (SSSR count). The van der Waals surface area contributed by atoms with E-state index in [4.69, 9.17) is 10.6 Å². The molecule has 1 aromatic heterocycles. The second-order valence-electron chi connectivity index (χ2n) is 5.70. The molecule has 0 atom stereocenters. The van der Waals surface area contributed by atoms with E-state index in [2.05, 4.69) is 34.1 Å². The van der Waals surface area contributed by atoms with Crippen LogP contribution >= 0.6 is 0 Å². The first-order valence-electron chi connectivity index (χ1n) is 7.23. The fourth-order valence-electron chi connectivity index (χ4n) is 2.18. The number of rotatable bonds is 8. The van der Waals surface area contributed by atoms with Crippen molar-refractivity contribution in [1.29, 1.82) is 0 Å². The molecule has 0 radical (unpaired) electrons. The summed E-state index contributed by atoms with van der Waals surface area (Å²) in [6.45, 7) is 6.65. The normalized spacial score (nSPS) is 14.7. The molecule has 0 bridgehead atoms. The van der Waals surface area contributed by atoms with E-state index < -0.39 is 0 Å². The van der Waals surface area contributed by atoms with Crippen molar-refractivity contribution in [2.24, 2.45) is 11.8 Å². The summed E-state index contributed by atoms with van der Waals surface area (Å²) in [5.74, 6) is 8.24. The molecule has 1 aliphatic carbocycles. The minimum absolute atomic E-state index is 0.298. The van der Waals surface area contributed by atoms with E-state index in [0.29, 0.717) is 11.7 Å². The molecule has 1 aliphatic rings. The van der Waals surface area contributed by atoms with Crippen molar-refractivity contribution in [2.75, 3.05) is 37.1 Å². The Labute approximate surface area is 120 Å². The van der Waals surface area contributed by atoms with E-state index in [-0.39, 0.29) is 0 Å². The van der Waals surface area contributed by atoms with Gasteiger partial charge in [-0.05, 0) is 24.7 Å². The van der Waals surface area contributed by atoms with Crippen LogP contribution < -0.4 is 16.2 Å². The van der Waals surface area contributed by atoms with Gasteiger partial charge >= 0.3 is 0 Å². The molecule has 0 amide bonds. The zero-order chi connectivity index (χ0) is 14.5. The van der Waals surface area contributed by atoms with Gasteiger partial charge in [0.05, 0.1) is 6.61 Å². The summed E-state index contributed by atoms with van der Waals surface area (Å²) in [5, 5.41) is 0. The Morgan fingerprint density at radius 2 is 2.20 bits per heavy atom. The highest BCUT2D eigenvalue weighted by Crippen LogP contribution is 2.30. The molecule has 0 unspecified atom stereocenters. The molecule has 1 saturated carbocycles. The third-order valence-electron chi connectivity index (χ3n) is 3.56. The topological polar surface area (TPSA) is 76.3 Å². The van der Waals surface area contributed by atoms with E-state index in [1.54, 1.807) is 0 Å². The highest BCUT2D eigenvalue weighted by atomic mass is 16.5. The maximum absolute atomic E-state index is 5.68. The van der Waals surface area contributed by atoms with Gasteiger partial charge in [-0.3, -0.25) is 0 Å². The minimum Gasteiger partial charge on any atom is -0.379 e. The first-order chi connectivity index (χ1) is 9.63. The lowest BCUT2D eigenvalue weighted by atomic mass is 10.0. The predicted octanol–water partition coefficient (Wildman–Crippen LogP) is 1.75. The minimum atomic E-state index is 0.298. The van der Waals surface area contributed by atoms with Gasteiger partial charge in [0, 0.05) is 25.8 Å². The highest BCUT2D eigenvalue weighted by Gasteiger charge is 2.21. The molecule has 0 aliphatic heterocycles. The first kappa shape index (κ1) is 15.0. The van der Waals surface area contributed by atoms with Crippen LogP contribution in [0.15, 0.2) is 6.33 Å². The average molecular weight is 279 g/mol. The van der Waals surface area contributed by atoms with E-state index >= 15 is 0 Å². The Balaban J connectivity index is 1.97. The number of likely N-dealkylation sites (N-methyl/N-ethyl adjacent to an activating group) is 1. The zero-order valence-corrected chi connectivity index (χ0v) is 12.6. The number of nitrogens with zero attached hydrogens (tertiary/aromatic N) is 3. The van der Waals surface area contributed by atoms with Crippen molar-refractivity contribution in [3.05, 3.63) is 11.9 Å². The average Bonchev–Trinajstić information content (AvgIpc) is 3.26. The molecular formula is C14H25N5O. The Morgan fingerprint density at radius 1 is 1.45 bits per heavy atom. The van der Waals surface area contributed by atoms with E-state index in [9.17, 15) is 0 Å². The predicted molar refractivity (Wildman–Crippen MR) is 80.7 cm³/mol. The summed E-state index contributed by atoms with van der Waals surface area (Å²) in [7, 11) is 2.02. The third kappa shape index (κ3) is 3.80. The fourth-order valence-corrected chi connectivity index (χ4v) is 2.18. The largest absolute Gasteiger partial charge is 0.379 e. The zero-order valence-electron chi connectivity index (χ0n) is 12.6. The number of hydrogen-bond donors (Lipinski definition) is 2. The van der Waals surface area contributed by atoms with Crippen LogP contribution in [0, 0.1) is 5.92 Å². The summed E-state index contributed by atoms with van der Waals surface area (Å²) in [5.41, 5.74) is 3.69. The Kier molecular flexibility index (Phi) is 5.14. The molecule has 3 N–H and O–H groups in total. The maximum Gasteiger partial charge on any atom is 0.148 e. The monoisotopic (exact) mass is 279 g/mol. The van der Waals surface area contributed by atoms with Crippen LogP contribution in [0.1, 0.15) is 38.2 Å². The van der Waals surface area contributed by atoms with Gasteiger partial charge in [-0.25, -0.2) is 15.8 Å². The molecule has 6 nitrogen and oxygen atoms in total. The van der Waals surface area contributed by atoms with Crippen LogP contribution in [-0.4, -0.2) is 36.8 Å². The van der Waals surface area contributed by atoms with Gasteiger partial charge in [-0.1, -0.05) is 13.8 Å². The third-order valence-corrected chi connectivity index (χ3v) is 3.56. The first-order valence-corrected chi connectivity index (χ1v) is 7.23. The van der Waals surface area contributed by atoms with Gasteiger partial charge in [-0.2, -0.15) is 0 Å². The van der Waals surface area contributed by atoms with Gasteiger partial charge in [0.2, 0.25) is 0 Å². The SMILES string of the molecule is CC(C)c1c(NN)ncnc1N(C)CCOCC1CC1. The molecule has 20 heavy (non-hydrogen) atoms. The van der Waals surface area contributed by atoms with Crippen LogP contribution in [0.5, 0.6) is 0 Å². The highest BCUT2D eigenvalue weighted by molar-refractivity contribution is 5.59. The molecule has 1 heterocycles. The van der Waals surface area contributed by atoms with Gasteiger partial charge in [0.25, 0.3) is 0 Å². The lowest BCUT2D eigenvalue weighted by Gasteiger charge is -2.23. The Morgan fingerprint density at radius 3 is 2.80 bits per heavy atom. The van der Waals surface area contributed by atoms with E-state index in [1.807, 2.05) is 7.05 Å². The van der Waals surface area contributed by atoms with Crippen molar-refractivity contribution >= 4 is 11.6 Å². The second-order valence-corrected chi connectivity index (χ2v) is 5.70. The van der Waals surface area contributed by atoms with Crippen LogP contribution in [0.25, 0.3) is 0 Å². The van der Waals surface area contributed by atoms with Crippen LogP contribution in [0.4, 0.5) is 11.6 Å². The molecule has 112 valence electrons. The summed E-state index contributed by atoms with van der Waals surface area (Å²) in [6, 6.07) is 0. The molecule has 1 fully saturated rings. The van der Waals surface area contributed by atoms with Gasteiger partial charge in [-0.15, -0.1) is 0 Å². The quantitative estimate of drug-likeness (QED) is 0.429. The Bertz CT molecular complexity index is 434. The molecule has 0 aromatic carbocycles. The number of aromatic nitrogens is 2. The lowest BCUT2D eigenvalue weighted by Crippen LogP contribution is -2.26. The molecule has 0 spiro atoms. The second kappa shape index (κ2) is 6.85. The molecule has 1 aromatic rings. The van der Waals surface area contributed by atoms with Gasteiger partial charge in [0.1, 0.15) is 18.0 Å². The van der Waals surface area contributed by atoms with E-state index in [1.165, 1.54) is 19.2 Å². The number of anilines is 2. The molecular weight excluding hydrogens is 254 g/mol. The van der Waals surface area contributed by atoms with Crippen molar-refractivity contribution in [1.82, 2.24) is 9.97 Å². The lowest BCUT2D eigenvalue weighted by molar-refractivity contribution is 0.130. The molecule has 6 heteroatoms. The van der Waals surface area contributed by atoms with Crippen molar-refractivity contribution in [2.45, 2.75) is 32.6 Å². The van der Waals surface area contributed by atoms with Crippen LogP contribution in [-0.2, 0) is 4.74 Å². The number of nitrogens with two attached hydrogens (primary N) is 1. The van der Waals surface area contributed by atoms with Crippen molar-refractivity contribution in [3.8, 4) is 0 Å². The van der Waals surface area contributed by atoms with Crippen LogP contribution in [0.3, 0.4) is 0 Å². The summed E-state index contributed by atoms with van der Waals surface area (Å²) in [6.07, 6.45) is 4.19. The standard InChI is InChI=1S/C14H25N5O/c1-10(2)12-13(18-15)16-9-17-14(12)19(3)6-7-20-8-11-4-5-11/h9-11H,4-8,15H2,1-3H3,(H,16,17,18). The van der Waals surface area contributed by atoms with Gasteiger partial charge < -0.3 is 15.1 Å². The number of ether oxygens (including phenoxy) is 1. The Hall–Kier alpha value is -1.40. The van der Waals surface area contributed by atoms with Gasteiger partial charge in [0.15, 0.2) is 0 Å². The summed E-state index contributed by atoms with van der Waals surface area (Å²) in [4.78, 5) is 10.7. The molecule has 0 saturated heterocycles.